The molecular weight excluding hydrogens is 324 g/mol. The molecule has 0 saturated carbocycles. The van der Waals surface area contributed by atoms with E-state index in [0.29, 0.717) is 17.4 Å². The molecule has 4 heteroatoms. The molecule has 3 aromatic rings. The molecule has 3 rings (SSSR count). The van der Waals surface area contributed by atoms with Crippen LogP contribution in [0.5, 0.6) is 5.75 Å². The van der Waals surface area contributed by atoms with Crippen LogP contribution < -0.4 is 10.1 Å². The highest BCUT2D eigenvalue weighted by molar-refractivity contribution is 6.00. The number of carbonyl (C=O) groups excluding carboxylic acids is 1. The molecule has 134 valence electrons. The first-order valence-corrected chi connectivity index (χ1v) is 8.96. The Bertz CT molecular complexity index is 904. The Hall–Kier alpha value is -2.88. The van der Waals surface area contributed by atoms with Crippen molar-refractivity contribution in [3.05, 3.63) is 65.9 Å². The average Bonchev–Trinajstić information content (AvgIpc) is 2.66. The van der Waals surface area contributed by atoms with Crippen LogP contribution in [0.25, 0.3) is 10.9 Å². The Labute approximate surface area is 154 Å². The van der Waals surface area contributed by atoms with E-state index in [0.717, 1.165) is 23.0 Å². The predicted octanol–water partition coefficient (Wildman–Crippen LogP) is 5.07. The molecule has 0 radical (unpaired) electrons. The van der Waals surface area contributed by atoms with Gasteiger partial charge < -0.3 is 10.1 Å². The number of rotatable bonds is 6. The summed E-state index contributed by atoms with van der Waals surface area (Å²) in [4.78, 5) is 16.8. The summed E-state index contributed by atoms with van der Waals surface area (Å²) in [6.07, 6.45) is 1.10. The maximum Gasteiger partial charge on any atom is 0.262 e. The molecule has 1 amide bonds. The lowest BCUT2D eigenvalue weighted by atomic mass is 9.99. The van der Waals surface area contributed by atoms with Crippen LogP contribution in [0, 0.1) is 6.92 Å². The topological polar surface area (TPSA) is 51.2 Å². The largest absolute Gasteiger partial charge is 0.484 e. The van der Waals surface area contributed by atoms with Gasteiger partial charge in [0.15, 0.2) is 6.61 Å². The Morgan fingerprint density at radius 3 is 2.62 bits per heavy atom. The Morgan fingerprint density at radius 2 is 1.88 bits per heavy atom. The number of nitrogens with zero attached hydrogens (tertiary/aromatic N) is 1. The third-order valence-electron chi connectivity index (χ3n) is 4.57. The highest BCUT2D eigenvalue weighted by Gasteiger charge is 2.09. The Morgan fingerprint density at radius 1 is 1.12 bits per heavy atom. The Kier molecular flexibility index (Phi) is 5.52. The van der Waals surface area contributed by atoms with Crippen molar-refractivity contribution >= 4 is 22.5 Å². The number of aromatic nitrogens is 1. The van der Waals surface area contributed by atoms with Gasteiger partial charge in [-0.1, -0.05) is 44.2 Å². The van der Waals surface area contributed by atoms with Crippen molar-refractivity contribution in [2.75, 3.05) is 11.9 Å². The highest BCUT2D eigenvalue weighted by atomic mass is 16.5. The molecule has 0 aliphatic heterocycles. The van der Waals surface area contributed by atoms with Gasteiger partial charge in [-0.15, -0.1) is 0 Å². The van der Waals surface area contributed by atoms with E-state index < -0.39 is 0 Å². The molecule has 0 saturated heterocycles. The number of ether oxygens (including phenoxy) is 1. The zero-order valence-corrected chi connectivity index (χ0v) is 15.5. The minimum atomic E-state index is -0.202. The summed E-state index contributed by atoms with van der Waals surface area (Å²) in [7, 11) is 0. The molecule has 1 atom stereocenters. The van der Waals surface area contributed by atoms with Gasteiger partial charge in [0, 0.05) is 11.1 Å². The molecule has 0 aliphatic rings. The lowest BCUT2D eigenvalue weighted by Gasteiger charge is -2.11. The van der Waals surface area contributed by atoms with Crippen LogP contribution in [-0.4, -0.2) is 17.5 Å². The number of hydrogen-bond acceptors (Lipinski definition) is 3. The molecule has 26 heavy (non-hydrogen) atoms. The molecule has 1 N–H and O–H groups in total. The number of carbonyl (C=O) groups is 1. The van der Waals surface area contributed by atoms with Crippen molar-refractivity contribution in [3.8, 4) is 5.75 Å². The van der Waals surface area contributed by atoms with Gasteiger partial charge in [-0.05, 0) is 49.1 Å². The van der Waals surface area contributed by atoms with Gasteiger partial charge in [0.2, 0.25) is 0 Å². The fourth-order valence-electron chi connectivity index (χ4n) is 2.81. The highest BCUT2D eigenvalue weighted by Crippen LogP contribution is 2.23. The van der Waals surface area contributed by atoms with E-state index in [1.165, 1.54) is 5.56 Å². The van der Waals surface area contributed by atoms with Crippen LogP contribution in [0.1, 0.15) is 37.4 Å². The van der Waals surface area contributed by atoms with E-state index in [1.54, 1.807) is 0 Å². The van der Waals surface area contributed by atoms with E-state index in [-0.39, 0.29) is 12.5 Å². The number of aryl methyl sites for hydroxylation is 1. The number of fused-ring (bicyclic) bond motifs is 1. The number of benzene rings is 2. The van der Waals surface area contributed by atoms with Gasteiger partial charge >= 0.3 is 0 Å². The zero-order valence-electron chi connectivity index (χ0n) is 15.5. The predicted molar refractivity (Wildman–Crippen MR) is 106 cm³/mol. The SMILES string of the molecule is CC[C@H](C)c1ccc(OCC(=O)Nc2cccc3ccc(C)nc23)cc1. The molecule has 1 heterocycles. The van der Waals surface area contributed by atoms with Gasteiger partial charge in [-0.2, -0.15) is 0 Å². The van der Waals surface area contributed by atoms with Crippen molar-refractivity contribution < 1.29 is 9.53 Å². The zero-order chi connectivity index (χ0) is 18.5. The van der Waals surface area contributed by atoms with Crippen molar-refractivity contribution in [2.45, 2.75) is 33.1 Å². The van der Waals surface area contributed by atoms with Gasteiger partial charge in [0.05, 0.1) is 11.2 Å². The van der Waals surface area contributed by atoms with Crippen LogP contribution in [0.15, 0.2) is 54.6 Å². The molecular formula is C22H24N2O2. The third-order valence-corrected chi connectivity index (χ3v) is 4.57. The van der Waals surface area contributed by atoms with Crippen molar-refractivity contribution in [2.24, 2.45) is 0 Å². The van der Waals surface area contributed by atoms with Gasteiger partial charge in [-0.3, -0.25) is 9.78 Å². The maximum absolute atomic E-state index is 12.3. The van der Waals surface area contributed by atoms with E-state index in [1.807, 2.05) is 49.4 Å². The summed E-state index contributed by atoms with van der Waals surface area (Å²) in [5, 5.41) is 3.89. The van der Waals surface area contributed by atoms with E-state index >= 15 is 0 Å². The summed E-state index contributed by atoms with van der Waals surface area (Å²) in [5.74, 6) is 1.01. The summed E-state index contributed by atoms with van der Waals surface area (Å²) in [6, 6.07) is 17.6. The molecule has 2 aromatic carbocycles. The summed E-state index contributed by atoms with van der Waals surface area (Å²) in [6.45, 7) is 6.27. The van der Waals surface area contributed by atoms with Gasteiger partial charge in [-0.25, -0.2) is 0 Å². The van der Waals surface area contributed by atoms with Crippen molar-refractivity contribution in [3.63, 3.8) is 0 Å². The molecule has 1 aromatic heterocycles. The fourth-order valence-corrected chi connectivity index (χ4v) is 2.81. The summed E-state index contributed by atoms with van der Waals surface area (Å²) >= 11 is 0. The number of amides is 1. The first kappa shape index (κ1) is 17.9. The number of para-hydroxylation sites is 1. The third kappa shape index (κ3) is 4.20. The minimum absolute atomic E-state index is 0.0368. The van der Waals surface area contributed by atoms with Gasteiger partial charge in [0.1, 0.15) is 5.75 Å². The van der Waals surface area contributed by atoms with Crippen LogP contribution in [-0.2, 0) is 4.79 Å². The lowest BCUT2D eigenvalue weighted by Crippen LogP contribution is -2.20. The quantitative estimate of drug-likeness (QED) is 0.676. The monoisotopic (exact) mass is 348 g/mol. The first-order valence-electron chi connectivity index (χ1n) is 8.96. The second kappa shape index (κ2) is 8.00. The van der Waals surface area contributed by atoms with Crippen LogP contribution in [0.3, 0.4) is 0 Å². The second-order valence-electron chi connectivity index (χ2n) is 6.55. The summed E-state index contributed by atoms with van der Waals surface area (Å²) in [5.41, 5.74) is 3.68. The van der Waals surface area contributed by atoms with Crippen molar-refractivity contribution in [1.29, 1.82) is 0 Å². The Balaban J connectivity index is 1.64. The van der Waals surface area contributed by atoms with Crippen LogP contribution in [0.2, 0.25) is 0 Å². The number of hydrogen-bond donors (Lipinski definition) is 1. The maximum atomic E-state index is 12.3. The summed E-state index contributed by atoms with van der Waals surface area (Å²) < 4.78 is 5.61. The van der Waals surface area contributed by atoms with E-state index in [9.17, 15) is 4.79 Å². The van der Waals surface area contributed by atoms with Gasteiger partial charge in [0.25, 0.3) is 5.91 Å². The minimum Gasteiger partial charge on any atom is -0.484 e. The molecule has 0 aliphatic carbocycles. The number of nitrogens with one attached hydrogen (secondary N) is 1. The molecule has 4 nitrogen and oxygen atoms in total. The van der Waals surface area contributed by atoms with E-state index in [4.69, 9.17) is 4.74 Å². The molecule has 0 spiro atoms. The smallest absolute Gasteiger partial charge is 0.262 e. The average molecular weight is 348 g/mol. The molecule has 0 fully saturated rings. The number of pyridine rings is 1. The normalized spacial score (nSPS) is 12.0. The first-order chi connectivity index (χ1) is 12.6. The standard InChI is InChI=1S/C22H24N2O2/c1-4-15(2)17-10-12-19(13-11-17)26-14-21(25)24-20-7-5-6-18-9-8-16(3)23-22(18)20/h5-13,15H,4,14H2,1-3H3,(H,24,25)/t15-/m0/s1. The van der Waals surface area contributed by atoms with Crippen LogP contribution in [0.4, 0.5) is 5.69 Å². The molecule has 0 bridgehead atoms. The second-order valence-corrected chi connectivity index (χ2v) is 6.55. The van der Waals surface area contributed by atoms with Crippen molar-refractivity contribution in [1.82, 2.24) is 4.98 Å². The molecule has 0 unspecified atom stereocenters. The lowest BCUT2D eigenvalue weighted by molar-refractivity contribution is -0.118. The van der Waals surface area contributed by atoms with E-state index in [2.05, 4.69) is 36.3 Å². The fraction of sp³-hybridized carbons (Fsp3) is 0.273. The van der Waals surface area contributed by atoms with Crippen LogP contribution >= 0.6 is 0 Å². The number of anilines is 1.